The fraction of sp³-hybridized carbons (Fsp3) is 0.0769. The van der Waals surface area contributed by atoms with Gasteiger partial charge in [-0.3, -0.25) is 14.4 Å². The second-order valence-corrected chi connectivity index (χ2v) is 7.40. The van der Waals surface area contributed by atoms with Crippen molar-refractivity contribution in [3.63, 3.8) is 0 Å². The third-order valence-corrected chi connectivity index (χ3v) is 4.92. The summed E-state index contributed by atoms with van der Waals surface area (Å²) in [4.78, 5) is 36.4. The van der Waals surface area contributed by atoms with E-state index in [1.54, 1.807) is 10.7 Å². The minimum absolute atomic E-state index is 0.193. The number of carbonyl (C=O) groups is 3. The summed E-state index contributed by atoms with van der Waals surface area (Å²) in [7, 11) is 0. The van der Waals surface area contributed by atoms with Crippen molar-refractivity contribution < 1.29 is 23.5 Å². The summed E-state index contributed by atoms with van der Waals surface area (Å²) in [5, 5.41) is 9.57. The molecule has 0 aliphatic carbocycles. The first-order valence-electron chi connectivity index (χ1n) is 10.7. The molecule has 0 spiro atoms. The molecule has 4 aromatic rings. The van der Waals surface area contributed by atoms with E-state index < -0.39 is 36.8 Å². The maximum Gasteiger partial charge on any atom is 0.325 e. The summed E-state index contributed by atoms with van der Waals surface area (Å²) in [6, 6.07) is 25.8. The van der Waals surface area contributed by atoms with Crippen LogP contribution in [-0.2, 0) is 14.3 Å². The smallest absolute Gasteiger partial charge is 0.325 e. The number of esters is 1. The first kappa shape index (κ1) is 23.4. The predicted octanol–water partition coefficient (Wildman–Crippen LogP) is 3.59. The highest BCUT2D eigenvalue weighted by molar-refractivity contribution is 5.96. The van der Waals surface area contributed by atoms with Gasteiger partial charge < -0.3 is 15.4 Å². The Hall–Kier alpha value is -4.79. The number of nitrogens with one attached hydrogen (secondary N) is 2. The number of hydrogen-bond acceptors (Lipinski definition) is 5. The van der Waals surface area contributed by atoms with E-state index >= 15 is 0 Å². The van der Waals surface area contributed by atoms with Gasteiger partial charge in [0.05, 0.1) is 16.9 Å². The summed E-state index contributed by atoms with van der Waals surface area (Å²) in [6.45, 7) is -1.09. The van der Waals surface area contributed by atoms with Gasteiger partial charge in [0.25, 0.3) is 11.8 Å². The molecule has 8 nitrogen and oxygen atoms in total. The number of carbonyl (C=O) groups excluding carboxylic acids is 3. The summed E-state index contributed by atoms with van der Waals surface area (Å²) in [6.07, 6.45) is 0. The van der Waals surface area contributed by atoms with Crippen LogP contribution in [0.5, 0.6) is 0 Å². The van der Waals surface area contributed by atoms with Gasteiger partial charge in [-0.25, -0.2) is 9.07 Å². The van der Waals surface area contributed by atoms with Gasteiger partial charge in [0.2, 0.25) is 0 Å². The lowest BCUT2D eigenvalue weighted by atomic mass is 10.2. The van der Waals surface area contributed by atoms with Crippen LogP contribution in [-0.4, -0.2) is 40.7 Å². The summed E-state index contributed by atoms with van der Waals surface area (Å²) < 4.78 is 20.2. The monoisotopic (exact) mass is 472 g/mol. The van der Waals surface area contributed by atoms with Crippen LogP contribution in [0.15, 0.2) is 91.0 Å². The molecule has 1 heterocycles. The molecule has 0 fully saturated rings. The largest absolute Gasteiger partial charge is 0.454 e. The van der Waals surface area contributed by atoms with E-state index in [4.69, 9.17) is 4.74 Å². The molecule has 35 heavy (non-hydrogen) atoms. The van der Waals surface area contributed by atoms with Crippen molar-refractivity contribution in [2.45, 2.75) is 0 Å². The molecule has 0 atom stereocenters. The van der Waals surface area contributed by atoms with Crippen molar-refractivity contribution in [3.05, 3.63) is 102 Å². The Morgan fingerprint density at radius 1 is 0.886 bits per heavy atom. The van der Waals surface area contributed by atoms with E-state index in [0.717, 1.165) is 17.3 Å². The van der Waals surface area contributed by atoms with E-state index in [2.05, 4.69) is 15.7 Å². The molecule has 176 valence electrons. The first-order valence-corrected chi connectivity index (χ1v) is 10.7. The Bertz CT molecular complexity index is 1340. The molecular formula is C26H21FN4O4. The van der Waals surface area contributed by atoms with Crippen molar-refractivity contribution in [2.75, 3.05) is 18.5 Å². The van der Waals surface area contributed by atoms with Gasteiger partial charge in [0, 0.05) is 11.6 Å². The Balaban J connectivity index is 1.37. The van der Waals surface area contributed by atoms with Gasteiger partial charge in [-0.2, -0.15) is 5.10 Å². The molecule has 2 N–H and O–H groups in total. The molecule has 3 aromatic carbocycles. The first-order chi connectivity index (χ1) is 17.0. The van der Waals surface area contributed by atoms with Gasteiger partial charge in [-0.1, -0.05) is 60.7 Å². The molecule has 0 radical (unpaired) electrons. The maximum absolute atomic E-state index is 13.7. The fourth-order valence-electron chi connectivity index (χ4n) is 3.26. The minimum Gasteiger partial charge on any atom is -0.454 e. The fourth-order valence-corrected chi connectivity index (χ4v) is 3.26. The van der Waals surface area contributed by atoms with Gasteiger partial charge >= 0.3 is 5.97 Å². The topological polar surface area (TPSA) is 102 Å². The van der Waals surface area contributed by atoms with Crippen LogP contribution in [0.3, 0.4) is 0 Å². The summed E-state index contributed by atoms with van der Waals surface area (Å²) in [5.74, 6) is -2.50. The number of amides is 2. The molecule has 0 saturated heterocycles. The van der Waals surface area contributed by atoms with Gasteiger partial charge in [-0.15, -0.1) is 0 Å². The predicted molar refractivity (Wildman–Crippen MR) is 127 cm³/mol. The number of benzene rings is 3. The number of rotatable bonds is 8. The van der Waals surface area contributed by atoms with E-state index in [9.17, 15) is 18.8 Å². The Morgan fingerprint density at radius 3 is 2.26 bits per heavy atom. The molecule has 0 aliphatic rings. The van der Waals surface area contributed by atoms with Gasteiger partial charge in [-0.05, 0) is 24.3 Å². The summed E-state index contributed by atoms with van der Waals surface area (Å²) in [5.41, 5.74) is 2.06. The zero-order valence-electron chi connectivity index (χ0n) is 18.5. The van der Waals surface area contributed by atoms with E-state index in [0.29, 0.717) is 11.5 Å². The van der Waals surface area contributed by atoms with Gasteiger partial charge in [0.1, 0.15) is 18.2 Å². The van der Waals surface area contributed by atoms with E-state index in [1.165, 1.54) is 18.2 Å². The maximum atomic E-state index is 13.7. The molecule has 2 amide bonds. The number of para-hydroxylation sites is 1. The molecule has 9 heteroatoms. The van der Waals surface area contributed by atoms with E-state index in [-0.39, 0.29) is 5.56 Å². The second kappa shape index (κ2) is 10.9. The lowest BCUT2D eigenvalue weighted by Crippen LogP contribution is -2.32. The standard InChI is InChI=1S/C26H21FN4O4/c27-21-14-8-7-13-20(21)26(34)28-16-25(33)35-17-24(32)29-23-15-22(18-9-3-1-4-10-18)30-31(23)19-11-5-2-6-12-19/h1-15H,16-17H2,(H,28,34)(H,29,32). The van der Waals surface area contributed by atoms with Crippen LogP contribution in [0.25, 0.3) is 16.9 Å². The minimum atomic E-state index is -0.841. The normalized spacial score (nSPS) is 10.4. The van der Waals surface area contributed by atoms with Crippen molar-refractivity contribution in [3.8, 4) is 16.9 Å². The van der Waals surface area contributed by atoms with Crippen LogP contribution >= 0.6 is 0 Å². The number of anilines is 1. The lowest BCUT2D eigenvalue weighted by Gasteiger charge is -2.10. The highest BCUT2D eigenvalue weighted by atomic mass is 19.1. The molecule has 0 aliphatic heterocycles. The SMILES string of the molecule is O=C(COC(=O)CNC(=O)c1ccccc1F)Nc1cc(-c2ccccc2)nn1-c1ccccc1. The molecule has 0 bridgehead atoms. The van der Waals surface area contributed by atoms with E-state index in [1.807, 2.05) is 60.7 Å². The Kier molecular flexibility index (Phi) is 7.27. The zero-order valence-corrected chi connectivity index (χ0v) is 18.5. The van der Waals surface area contributed by atoms with Crippen molar-refractivity contribution in [1.82, 2.24) is 15.1 Å². The van der Waals surface area contributed by atoms with Crippen molar-refractivity contribution >= 4 is 23.6 Å². The van der Waals surface area contributed by atoms with Crippen LogP contribution in [0.2, 0.25) is 0 Å². The third-order valence-electron chi connectivity index (χ3n) is 4.92. The van der Waals surface area contributed by atoms with Crippen LogP contribution in [0.1, 0.15) is 10.4 Å². The number of aromatic nitrogens is 2. The Labute approximate surface area is 200 Å². The van der Waals surface area contributed by atoms with Crippen molar-refractivity contribution in [1.29, 1.82) is 0 Å². The quantitative estimate of drug-likeness (QED) is 0.382. The molecule has 0 saturated carbocycles. The molecular weight excluding hydrogens is 451 g/mol. The highest BCUT2D eigenvalue weighted by Crippen LogP contribution is 2.24. The number of ether oxygens (including phenoxy) is 1. The van der Waals surface area contributed by atoms with Crippen LogP contribution in [0, 0.1) is 5.82 Å². The molecule has 1 aromatic heterocycles. The Morgan fingerprint density at radius 2 is 1.54 bits per heavy atom. The average Bonchev–Trinajstić information content (AvgIpc) is 3.31. The highest BCUT2D eigenvalue weighted by Gasteiger charge is 2.16. The number of nitrogens with zero attached hydrogens (tertiary/aromatic N) is 2. The zero-order chi connectivity index (χ0) is 24.6. The van der Waals surface area contributed by atoms with Crippen LogP contribution < -0.4 is 10.6 Å². The average molecular weight is 472 g/mol. The number of hydrogen-bond donors (Lipinski definition) is 2. The van der Waals surface area contributed by atoms with Crippen LogP contribution in [0.4, 0.5) is 10.2 Å². The molecule has 4 rings (SSSR count). The third kappa shape index (κ3) is 5.97. The second-order valence-electron chi connectivity index (χ2n) is 7.40. The lowest BCUT2D eigenvalue weighted by molar-refractivity contribution is -0.146. The number of halogens is 1. The van der Waals surface area contributed by atoms with Crippen molar-refractivity contribution in [2.24, 2.45) is 0 Å². The molecule has 0 unspecified atom stereocenters. The summed E-state index contributed by atoms with van der Waals surface area (Å²) >= 11 is 0. The van der Waals surface area contributed by atoms with Gasteiger partial charge in [0.15, 0.2) is 6.61 Å².